The molecule has 1 amide bonds. The Labute approximate surface area is 97.7 Å². The number of thioether (sulfide) groups is 1. The zero-order valence-corrected chi connectivity index (χ0v) is 9.61. The van der Waals surface area contributed by atoms with Crippen LogP contribution in [0.2, 0.25) is 0 Å². The second-order valence-corrected chi connectivity index (χ2v) is 4.81. The summed E-state index contributed by atoms with van der Waals surface area (Å²) in [7, 11) is 6.21. The van der Waals surface area contributed by atoms with E-state index in [-0.39, 0.29) is 5.88 Å². The number of aliphatic carboxylic acids is 1. The van der Waals surface area contributed by atoms with Crippen LogP contribution in [0.1, 0.15) is 6.92 Å². The molecule has 2 unspecified atom stereocenters. The van der Waals surface area contributed by atoms with Crippen molar-refractivity contribution in [3.05, 3.63) is 0 Å². The Kier molecular flexibility index (Phi) is 3.52. The summed E-state index contributed by atoms with van der Waals surface area (Å²) in [5.74, 6) is -2.75. The number of hydrogen-bond acceptors (Lipinski definition) is 5. The second-order valence-electron chi connectivity index (χ2n) is 3.42. The molecule has 6 nitrogen and oxygen atoms in total. The molecule has 8 heteroatoms. The van der Waals surface area contributed by atoms with Gasteiger partial charge in [0.25, 0.3) is 0 Å². The molecule has 1 N–H and O–H groups in total. The fourth-order valence-corrected chi connectivity index (χ4v) is 2.68. The maximum atomic E-state index is 11.5. The van der Waals surface area contributed by atoms with Crippen LogP contribution in [-0.4, -0.2) is 59.4 Å². The normalized spacial score (nSPS) is 28.9. The fourth-order valence-electron chi connectivity index (χ4n) is 1.49. The van der Waals surface area contributed by atoms with Crippen LogP contribution >= 0.6 is 11.8 Å². The number of esters is 1. The summed E-state index contributed by atoms with van der Waals surface area (Å²) in [6, 6.07) is -1.20. The molecular weight excluding hydrogens is 233 g/mol. The predicted octanol–water partition coefficient (Wildman–Crippen LogP) is -0.334. The van der Waals surface area contributed by atoms with Crippen molar-refractivity contribution in [3.8, 4) is 0 Å². The lowest BCUT2D eigenvalue weighted by Gasteiger charge is -2.28. The van der Waals surface area contributed by atoms with Crippen LogP contribution in [0.25, 0.3) is 0 Å². The standard InChI is InChI=1S/C8H10BNO5S/c1-8(6(12)13)4(5(11)15-2)10(3-16-8)7(9)14/h4H,3H2,1-2H3,(H,12,13). The molecule has 0 spiro atoms. The van der Waals surface area contributed by atoms with E-state index in [9.17, 15) is 14.4 Å². The Morgan fingerprint density at radius 3 is 2.50 bits per heavy atom. The Morgan fingerprint density at radius 2 is 2.12 bits per heavy atom. The minimum Gasteiger partial charge on any atom is -0.480 e. The van der Waals surface area contributed by atoms with Gasteiger partial charge in [0.15, 0.2) is 11.8 Å². The van der Waals surface area contributed by atoms with Crippen LogP contribution in [0, 0.1) is 0 Å². The first-order valence-electron chi connectivity index (χ1n) is 4.36. The van der Waals surface area contributed by atoms with E-state index in [0.29, 0.717) is 0 Å². The molecule has 86 valence electrons. The minimum absolute atomic E-state index is 0.0535. The van der Waals surface area contributed by atoms with Crippen molar-refractivity contribution >= 4 is 37.4 Å². The van der Waals surface area contributed by atoms with Gasteiger partial charge in [0.05, 0.1) is 13.0 Å². The van der Waals surface area contributed by atoms with Crippen LogP contribution in [0.3, 0.4) is 0 Å². The van der Waals surface area contributed by atoms with Crippen LogP contribution in [-0.2, 0) is 14.3 Å². The monoisotopic (exact) mass is 243 g/mol. The Bertz CT molecular complexity index is 349. The molecule has 0 saturated carbocycles. The Hall–Kier alpha value is -1.18. The first-order valence-corrected chi connectivity index (χ1v) is 5.34. The molecule has 1 saturated heterocycles. The molecule has 0 aromatic carbocycles. The van der Waals surface area contributed by atoms with Gasteiger partial charge in [-0.25, -0.2) is 4.79 Å². The zero-order valence-electron chi connectivity index (χ0n) is 8.80. The van der Waals surface area contributed by atoms with E-state index in [4.69, 9.17) is 13.0 Å². The largest absolute Gasteiger partial charge is 0.480 e. The van der Waals surface area contributed by atoms with E-state index < -0.39 is 28.5 Å². The zero-order chi connectivity index (χ0) is 12.5. The molecule has 2 atom stereocenters. The molecule has 1 aliphatic rings. The lowest BCUT2D eigenvalue weighted by Crippen LogP contribution is -2.53. The first-order chi connectivity index (χ1) is 7.34. The number of carboxylic acid groups (broad SMARTS) is 1. The Balaban J connectivity index is 3.11. The fraction of sp³-hybridized carbons (Fsp3) is 0.625. The van der Waals surface area contributed by atoms with Gasteiger partial charge < -0.3 is 14.7 Å². The second kappa shape index (κ2) is 4.36. The van der Waals surface area contributed by atoms with Crippen molar-refractivity contribution in [2.45, 2.75) is 17.7 Å². The third-order valence-electron chi connectivity index (χ3n) is 2.47. The van der Waals surface area contributed by atoms with Crippen molar-refractivity contribution in [1.29, 1.82) is 0 Å². The predicted molar refractivity (Wildman–Crippen MR) is 57.3 cm³/mol. The summed E-state index contributed by atoms with van der Waals surface area (Å²) >= 11 is 0.966. The lowest BCUT2D eigenvalue weighted by molar-refractivity contribution is -0.152. The van der Waals surface area contributed by atoms with E-state index in [2.05, 4.69) is 4.74 Å². The van der Waals surface area contributed by atoms with Crippen molar-refractivity contribution < 1.29 is 24.2 Å². The van der Waals surface area contributed by atoms with E-state index in [1.807, 2.05) is 0 Å². The van der Waals surface area contributed by atoms with E-state index in [1.165, 1.54) is 6.92 Å². The van der Waals surface area contributed by atoms with E-state index in [1.54, 1.807) is 0 Å². The van der Waals surface area contributed by atoms with Crippen molar-refractivity contribution in [2.75, 3.05) is 13.0 Å². The lowest BCUT2D eigenvalue weighted by atomic mass is 9.97. The van der Waals surface area contributed by atoms with Gasteiger partial charge >= 0.3 is 11.9 Å². The van der Waals surface area contributed by atoms with Crippen LogP contribution in [0.5, 0.6) is 0 Å². The minimum atomic E-state index is -1.43. The number of hydrogen-bond donors (Lipinski definition) is 1. The molecule has 1 aliphatic heterocycles. The number of carbonyl (C=O) groups excluding carboxylic acids is 2. The number of methoxy groups -OCH3 is 1. The third kappa shape index (κ3) is 1.89. The quantitative estimate of drug-likeness (QED) is 0.528. The molecule has 1 fully saturated rings. The number of amides is 1. The summed E-state index contributed by atoms with van der Waals surface area (Å²) in [5, 5.41) is 9.08. The summed E-state index contributed by atoms with van der Waals surface area (Å²) < 4.78 is 3.07. The maximum Gasteiger partial charge on any atom is 0.330 e. The van der Waals surface area contributed by atoms with Crippen LogP contribution in [0.15, 0.2) is 0 Å². The number of carbonyl (C=O) groups is 3. The Morgan fingerprint density at radius 1 is 1.56 bits per heavy atom. The van der Waals surface area contributed by atoms with Gasteiger partial charge in [0.1, 0.15) is 4.75 Å². The highest BCUT2D eigenvalue weighted by atomic mass is 32.2. The van der Waals surface area contributed by atoms with Gasteiger partial charge in [-0.3, -0.25) is 9.59 Å². The molecule has 0 aromatic heterocycles. The smallest absolute Gasteiger partial charge is 0.330 e. The summed E-state index contributed by atoms with van der Waals surface area (Å²) in [5.41, 5.74) is 0. The van der Waals surface area contributed by atoms with Gasteiger partial charge in [0, 0.05) is 0 Å². The molecule has 1 rings (SSSR count). The highest BCUT2D eigenvalue weighted by Crippen LogP contribution is 2.40. The number of nitrogens with zero attached hydrogens (tertiary/aromatic N) is 1. The molecule has 0 bridgehead atoms. The number of ether oxygens (including phenoxy) is 1. The van der Waals surface area contributed by atoms with Crippen molar-refractivity contribution in [3.63, 3.8) is 0 Å². The van der Waals surface area contributed by atoms with Gasteiger partial charge in [-0.15, -0.1) is 11.8 Å². The molecule has 0 aromatic rings. The number of rotatable bonds is 2. The SMILES string of the molecule is [B]C(=O)N1CSC(C)(C(=O)O)C1C(=O)OC. The molecule has 16 heavy (non-hydrogen) atoms. The van der Waals surface area contributed by atoms with Crippen molar-refractivity contribution in [2.24, 2.45) is 0 Å². The molecule has 2 radical (unpaired) electrons. The van der Waals surface area contributed by atoms with Gasteiger partial charge in [-0.05, 0) is 6.92 Å². The highest BCUT2D eigenvalue weighted by molar-refractivity contribution is 8.01. The van der Waals surface area contributed by atoms with Gasteiger partial charge in [0.2, 0.25) is 7.85 Å². The summed E-state index contributed by atoms with van der Waals surface area (Å²) in [6.45, 7) is 1.37. The first kappa shape index (κ1) is 12.9. The van der Waals surface area contributed by atoms with Crippen LogP contribution in [0.4, 0.5) is 4.79 Å². The number of carboxylic acids is 1. The molecule has 1 heterocycles. The van der Waals surface area contributed by atoms with Gasteiger partial charge in [-0.1, -0.05) is 0 Å². The van der Waals surface area contributed by atoms with Crippen molar-refractivity contribution in [1.82, 2.24) is 4.90 Å². The summed E-state index contributed by atoms with van der Waals surface area (Å²) in [4.78, 5) is 34.7. The average Bonchev–Trinajstić information content (AvgIpc) is 2.56. The third-order valence-corrected chi connectivity index (χ3v) is 3.87. The van der Waals surface area contributed by atoms with E-state index in [0.717, 1.165) is 23.8 Å². The van der Waals surface area contributed by atoms with Gasteiger partial charge in [-0.2, -0.15) is 0 Å². The van der Waals surface area contributed by atoms with Crippen LogP contribution < -0.4 is 0 Å². The maximum absolute atomic E-state index is 11.5. The molecule has 0 aliphatic carbocycles. The highest BCUT2D eigenvalue weighted by Gasteiger charge is 2.55. The van der Waals surface area contributed by atoms with E-state index >= 15 is 0 Å². The topological polar surface area (TPSA) is 83.9 Å². The summed E-state index contributed by atoms with van der Waals surface area (Å²) in [6.07, 6.45) is 0. The average molecular weight is 243 g/mol. The molecular formula is C8H10BNO5S.